The first kappa shape index (κ1) is 17.1. The SMILES string of the molecule is COCCN1CCN(C(C)c2nc(-c3ccccc3)no2)CC1C. The largest absolute Gasteiger partial charge is 0.383 e. The van der Waals surface area contributed by atoms with Crippen molar-refractivity contribution in [3.05, 3.63) is 36.2 Å². The highest BCUT2D eigenvalue weighted by Crippen LogP contribution is 2.24. The van der Waals surface area contributed by atoms with Crippen LogP contribution in [0.3, 0.4) is 0 Å². The molecule has 2 aromatic rings. The Balaban J connectivity index is 1.63. The zero-order valence-electron chi connectivity index (χ0n) is 14.7. The van der Waals surface area contributed by atoms with Crippen LogP contribution in [0.1, 0.15) is 25.8 Å². The smallest absolute Gasteiger partial charge is 0.244 e. The molecule has 2 unspecified atom stereocenters. The molecule has 1 aromatic heterocycles. The Morgan fingerprint density at radius 3 is 2.79 bits per heavy atom. The summed E-state index contributed by atoms with van der Waals surface area (Å²) >= 11 is 0. The van der Waals surface area contributed by atoms with Crippen molar-refractivity contribution in [3.63, 3.8) is 0 Å². The number of hydrogen-bond donors (Lipinski definition) is 0. The molecule has 24 heavy (non-hydrogen) atoms. The summed E-state index contributed by atoms with van der Waals surface area (Å²) in [6, 6.07) is 10.6. The third-order valence-electron chi connectivity index (χ3n) is 4.76. The average molecular weight is 330 g/mol. The van der Waals surface area contributed by atoms with Gasteiger partial charge in [-0.25, -0.2) is 0 Å². The van der Waals surface area contributed by atoms with E-state index in [1.54, 1.807) is 7.11 Å². The number of nitrogens with zero attached hydrogens (tertiary/aromatic N) is 4. The quantitative estimate of drug-likeness (QED) is 0.811. The Morgan fingerprint density at radius 1 is 1.29 bits per heavy atom. The van der Waals surface area contributed by atoms with Gasteiger partial charge in [-0.1, -0.05) is 35.5 Å². The van der Waals surface area contributed by atoms with Gasteiger partial charge in [-0.15, -0.1) is 0 Å². The summed E-state index contributed by atoms with van der Waals surface area (Å²) in [5, 5.41) is 4.14. The van der Waals surface area contributed by atoms with Crippen molar-refractivity contribution in [2.24, 2.45) is 0 Å². The van der Waals surface area contributed by atoms with Gasteiger partial charge in [0.25, 0.3) is 0 Å². The Hall–Kier alpha value is -1.76. The van der Waals surface area contributed by atoms with E-state index >= 15 is 0 Å². The van der Waals surface area contributed by atoms with Crippen LogP contribution in [-0.2, 0) is 4.74 Å². The molecule has 1 aromatic carbocycles. The summed E-state index contributed by atoms with van der Waals surface area (Å²) in [5.74, 6) is 1.34. The maximum absolute atomic E-state index is 5.52. The summed E-state index contributed by atoms with van der Waals surface area (Å²) in [6.45, 7) is 9.20. The van der Waals surface area contributed by atoms with Gasteiger partial charge in [-0.2, -0.15) is 4.98 Å². The second-order valence-electron chi connectivity index (χ2n) is 6.37. The van der Waals surface area contributed by atoms with Crippen LogP contribution in [0.2, 0.25) is 0 Å². The second kappa shape index (κ2) is 7.88. The van der Waals surface area contributed by atoms with Crippen LogP contribution in [0.25, 0.3) is 11.4 Å². The van der Waals surface area contributed by atoms with Crippen molar-refractivity contribution in [1.82, 2.24) is 19.9 Å². The average Bonchev–Trinajstić information content (AvgIpc) is 3.11. The first-order valence-electron chi connectivity index (χ1n) is 8.55. The molecular formula is C18H26N4O2. The van der Waals surface area contributed by atoms with Crippen molar-refractivity contribution < 1.29 is 9.26 Å². The van der Waals surface area contributed by atoms with Crippen LogP contribution in [0.15, 0.2) is 34.9 Å². The predicted molar refractivity (Wildman–Crippen MR) is 92.6 cm³/mol. The zero-order valence-corrected chi connectivity index (χ0v) is 14.7. The Morgan fingerprint density at radius 2 is 2.08 bits per heavy atom. The summed E-state index contributed by atoms with van der Waals surface area (Å²) in [7, 11) is 1.75. The lowest BCUT2D eigenvalue weighted by Crippen LogP contribution is -2.53. The van der Waals surface area contributed by atoms with Crippen LogP contribution in [0, 0.1) is 0 Å². The number of benzene rings is 1. The zero-order chi connectivity index (χ0) is 16.9. The van der Waals surface area contributed by atoms with Gasteiger partial charge in [-0.3, -0.25) is 9.80 Å². The first-order chi connectivity index (χ1) is 11.7. The Labute approximate surface area is 143 Å². The molecule has 6 nitrogen and oxygen atoms in total. The van der Waals surface area contributed by atoms with E-state index in [0.29, 0.717) is 17.8 Å². The molecule has 1 aliphatic heterocycles. The number of ether oxygens (including phenoxy) is 1. The van der Waals surface area contributed by atoms with Gasteiger partial charge in [-0.05, 0) is 13.8 Å². The fraction of sp³-hybridized carbons (Fsp3) is 0.556. The maximum atomic E-state index is 5.52. The lowest BCUT2D eigenvalue weighted by atomic mass is 10.1. The van der Waals surface area contributed by atoms with E-state index in [2.05, 4.69) is 33.8 Å². The molecule has 1 aliphatic rings. The van der Waals surface area contributed by atoms with Gasteiger partial charge in [0.1, 0.15) is 0 Å². The molecule has 0 saturated carbocycles. The van der Waals surface area contributed by atoms with Gasteiger partial charge in [0.05, 0.1) is 12.6 Å². The molecule has 3 rings (SSSR count). The van der Waals surface area contributed by atoms with E-state index in [9.17, 15) is 0 Å². The van der Waals surface area contributed by atoms with E-state index in [-0.39, 0.29) is 6.04 Å². The molecule has 0 N–H and O–H groups in total. The minimum Gasteiger partial charge on any atom is -0.383 e. The minimum atomic E-state index is 0.127. The maximum Gasteiger partial charge on any atom is 0.244 e. The monoisotopic (exact) mass is 330 g/mol. The van der Waals surface area contributed by atoms with E-state index < -0.39 is 0 Å². The van der Waals surface area contributed by atoms with Crippen molar-refractivity contribution in [1.29, 1.82) is 0 Å². The third kappa shape index (κ3) is 3.83. The summed E-state index contributed by atoms with van der Waals surface area (Å²) < 4.78 is 10.7. The summed E-state index contributed by atoms with van der Waals surface area (Å²) in [6.07, 6.45) is 0. The van der Waals surface area contributed by atoms with E-state index in [1.165, 1.54) is 0 Å². The van der Waals surface area contributed by atoms with Gasteiger partial charge in [0.15, 0.2) is 0 Å². The fourth-order valence-corrected chi connectivity index (χ4v) is 3.18. The standard InChI is InChI=1S/C18H26N4O2/c1-14-13-22(10-9-21(14)11-12-23-3)15(2)18-19-17(20-24-18)16-7-5-4-6-8-16/h4-8,14-15H,9-13H2,1-3H3. The Kier molecular flexibility index (Phi) is 5.60. The number of methoxy groups -OCH3 is 1. The highest BCUT2D eigenvalue weighted by Gasteiger charge is 2.29. The molecule has 0 spiro atoms. The van der Waals surface area contributed by atoms with Gasteiger partial charge in [0, 0.05) is 44.9 Å². The van der Waals surface area contributed by atoms with Gasteiger partial charge in [0.2, 0.25) is 11.7 Å². The number of hydrogen-bond acceptors (Lipinski definition) is 6. The van der Waals surface area contributed by atoms with E-state index in [4.69, 9.17) is 9.26 Å². The molecule has 0 bridgehead atoms. The lowest BCUT2D eigenvalue weighted by molar-refractivity contribution is 0.0349. The second-order valence-corrected chi connectivity index (χ2v) is 6.37. The van der Waals surface area contributed by atoms with Crippen LogP contribution in [-0.4, -0.2) is 65.9 Å². The highest BCUT2D eigenvalue weighted by atomic mass is 16.5. The minimum absolute atomic E-state index is 0.127. The normalized spacial score (nSPS) is 21.0. The molecular weight excluding hydrogens is 304 g/mol. The molecule has 2 heterocycles. The van der Waals surface area contributed by atoms with Crippen molar-refractivity contribution in [2.75, 3.05) is 39.9 Å². The van der Waals surface area contributed by atoms with Gasteiger partial charge < -0.3 is 9.26 Å². The van der Waals surface area contributed by atoms with E-state index in [1.807, 2.05) is 30.3 Å². The number of rotatable bonds is 6. The molecule has 130 valence electrons. The van der Waals surface area contributed by atoms with Crippen molar-refractivity contribution >= 4 is 0 Å². The molecule has 0 aliphatic carbocycles. The lowest BCUT2D eigenvalue weighted by Gasteiger charge is -2.41. The fourth-order valence-electron chi connectivity index (χ4n) is 3.18. The van der Waals surface area contributed by atoms with Crippen molar-refractivity contribution in [2.45, 2.75) is 25.9 Å². The number of aromatic nitrogens is 2. The molecule has 0 amide bonds. The third-order valence-corrected chi connectivity index (χ3v) is 4.76. The molecule has 2 atom stereocenters. The van der Waals surface area contributed by atoms with Crippen LogP contribution < -0.4 is 0 Å². The summed E-state index contributed by atoms with van der Waals surface area (Å²) in [5.41, 5.74) is 0.984. The molecule has 0 radical (unpaired) electrons. The highest BCUT2D eigenvalue weighted by molar-refractivity contribution is 5.53. The molecule has 6 heteroatoms. The van der Waals surface area contributed by atoms with Crippen molar-refractivity contribution in [3.8, 4) is 11.4 Å². The molecule has 1 fully saturated rings. The van der Waals surface area contributed by atoms with Crippen LogP contribution in [0.4, 0.5) is 0 Å². The first-order valence-corrected chi connectivity index (χ1v) is 8.55. The number of piperazine rings is 1. The predicted octanol–water partition coefficient (Wildman–Crippen LogP) is 2.45. The van der Waals surface area contributed by atoms with Crippen LogP contribution in [0.5, 0.6) is 0 Å². The Bertz CT molecular complexity index is 631. The van der Waals surface area contributed by atoms with Crippen LogP contribution >= 0.6 is 0 Å². The van der Waals surface area contributed by atoms with E-state index in [0.717, 1.165) is 38.3 Å². The van der Waals surface area contributed by atoms with Gasteiger partial charge >= 0.3 is 0 Å². The summed E-state index contributed by atoms with van der Waals surface area (Å²) in [4.78, 5) is 9.48. The topological polar surface area (TPSA) is 54.6 Å². The molecule has 1 saturated heterocycles.